The third-order valence-corrected chi connectivity index (χ3v) is 6.70. The number of unbranched alkanes of at least 4 members (excludes halogenated alkanes) is 1. The quantitative estimate of drug-likeness (QED) is 0.287. The van der Waals surface area contributed by atoms with Gasteiger partial charge in [0.2, 0.25) is 0 Å². The molecule has 0 unspecified atom stereocenters. The van der Waals surface area contributed by atoms with E-state index in [4.69, 9.17) is 0 Å². The van der Waals surface area contributed by atoms with Crippen LogP contribution < -0.4 is 0 Å². The van der Waals surface area contributed by atoms with Crippen molar-refractivity contribution in [2.45, 2.75) is 38.8 Å². The second kappa shape index (κ2) is 6.41. The van der Waals surface area contributed by atoms with E-state index in [2.05, 4.69) is 22.6 Å². The van der Waals surface area contributed by atoms with Crippen molar-refractivity contribution in [3.63, 3.8) is 0 Å². The lowest BCUT2D eigenvalue weighted by atomic mass is 10.3. The van der Waals surface area contributed by atoms with Crippen LogP contribution in [0.5, 0.6) is 0 Å². The summed E-state index contributed by atoms with van der Waals surface area (Å²) in [6.45, 7) is 3.19. The lowest BCUT2D eigenvalue weighted by Gasteiger charge is -2.25. The lowest BCUT2D eigenvalue weighted by Crippen LogP contribution is -2.19. The van der Waals surface area contributed by atoms with Gasteiger partial charge in [0.25, 0.3) is 5.66 Å². The number of hydrogen-bond acceptors (Lipinski definition) is 1. The maximum absolute atomic E-state index is 13.5. The molecule has 86 valence electrons. The van der Waals surface area contributed by atoms with Gasteiger partial charge in [-0.2, -0.15) is 8.78 Å². The highest BCUT2D eigenvalue weighted by Gasteiger charge is 2.46. The third-order valence-electron chi connectivity index (χ3n) is 2.48. The Balaban J connectivity index is 4.34. The molecule has 0 fully saturated rings. The van der Waals surface area contributed by atoms with Gasteiger partial charge in [-0.05, 0) is 17.3 Å². The van der Waals surface area contributed by atoms with Gasteiger partial charge in [0.15, 0.2) is 7.14 Å². The van der Waals surface area contributed by atoms with Crippen LogP contribution in [0.3, 0.4) is 0 Å². The van der Waals surface area contributed by atoms with Crippen LogP contribution in [0.1, 0.15) is 33.1 Å². The summed E-state index contributed by atoms with van der Waals surface area (Å²) in [7, 11) is -3.26. The molecule has 14 heavy (non-hydrogen) atoms. The largest absolute Gasteiger partial charge is 0.317 e. The van der Waals surface area contributed by atoms with Crippen LogP contribution in [0.4, 0.5) is 8.78 Å². The standard InChI is InChI=1S/C9H18F2IOP/c1-3-14(13,4-2)9(10,11)7-5-6-8-12/h3-8H2,1-2H3. The van der Waals surface area contributed by atoms with Crippen molar-refractivity contribution in [3.8, 4) is 0 Å². The molecule has 0 aliphatic heterocycles. The summed E-state index contributed by atoms with van der Waals surface area (Å²) in [5.41, 5.74) is -2.94. The lowest BCUT2D eigenvalue weighted by molar-refractivity contribution is 0.0769. The first-order valence-corrected chi connectivity index (χ1v) is 8.55. The summed E-state index contributed by atoms with van der Waals surface area (Å²) in [5.74, 6) is 0. The SMILES string of the molecule is CCP(=O)(CC)C(F)(F)CCCCI. The fourth-order valence-corrected chi connectivity index (χ4v) is 3.80. The maximum Gasteiger partial charge on any atom is 0.298 e. The van der Waals surface area contributed by atoms with E-state index < -0.39 is 12.8 Å². The van der Waals surface area contributed by atoms with Crippen molar-refractivity contribution < 1.29 is 13.3 Å². The van der Waals surface area contributed by atoms with Gasteiger partial charge in [0.05, 0.1) is 0 Å². The molecule has 0 heterocycles. The minimum atomic E-state index is -3.26. The molecule has 0 aliphatic rings. The molecule has 0 rings (SSSR count). The Kier molecular flexibility index (Phi) is 6.79. The van der Waals surface area contributed by atoms with E-state index in [9.17, 15) is 13.3 Å². The van der Waals surface area contributed by atoms with Gasteiger partial charge in [-0.3, -0.25) is 0 Å². The molecule has 5 heteroatoms. The fraction of sp³-hybridized carbons (Fsp3) is 1.00. The zero-order chi connectivity index (χ0) is 11.2. The summed E-state index contributed by atoms with van der Waals surface area (Å²) in [6.07, 6.45) is 1.26. The van der Waals surface area contributed by atoms with Gasteiger partial charge in [0.1, 0.15) is 0 Å². The van der Waals surface area contributed by atoms with Crippen LogP contribution in [-0.2, 0) is 4.57 Å². The highest BCUT2D eigenvalue weighted by Crippen LogP contribution is 2.61. The topological polar surface area (TPSA) is 17.1 Å². The first kappa shape index (κ1) is 14.8. The van der Waals surface area contributed by atoms with Crippen molar-refractivity contribution in [2.75, 3.05) is 16.8 Å². The number of rotatable bonds is 7. The van der Waals surface area contributed by atoms with E-state index in [1.807, 2.05) is 0 Å². The average molecular weight is 338 g/mol. The van der Waals surface area contributed by atoms with Gasteiger partial charge in [-0.1, -0.05) is 36.4 Å². The Bertz CT molecular complexity index is 201. The van der Waals surface area contributed by atoms with Crippen LogP contribution in [-0.4, -0.2) is 22.4 Å². The van der Waals surface area contributed by atoms with E-state index in [0.29, 0.717) is 6.42 Å². The van der Waals surface area contributed by atoms with Crippen molar-refractivity contribution in [1.82, 2.24) is 0 Å². The van der Waals surface area contributed by atoms with Gasteiger partial charge >= 0.3 is 0 Å². The molecule has 0 aromatic carbocycles. The van der Waals surface area contributed by atoms with E-state index in [1.54, 1.807) is 13.8 Å². The smallest absolute Gasteiger partial charge is 0.298 e. The van der Waals surface area contributed by atoms with Crippen molar-refractivity contribution in [2.24, 2.45) is 0 Å². The summed E-state index contributed by atoms with van der Waals surface area (Å²) in [6, 6.07) is 0. The molecule has 0 amide bonds. The summed E-state index contributed by atoms with van der Waals surface area (Å²) in [5, 5.41) is 0. The Morgan fingerprint density at radius 3 is 2.07 bits per heavy atom. The minimum absolute atomic E-state index is 0.112. The Morgan fingerprint density at radius 2 is 1.71 bits per heavy atom. The second-order valence-electron chi connectivity index (χ2n) is 3.33. The van der Waals surface area contributed by atoms with Gasteiger partial charge in [-0.25, -0.2) is 0 Å². The predicted octanol–water partition coefficient (Wildman–Crippen LogP) is 4.59. The predicted molar refractivity (Wildman–Crippen MR) is 66.4 cm³/mol. The highest BCUT2D eigenvalue weighted by atomic mass is 127. The minimum Gasteiger partial charge on any atom is -0.317 e. The summed E-state index contributed by atoms with van der Waals surface area (Å²) >= 11 is 2.16. The van der Waals surface area contributed by atoms with Crippen LogP contribution in [0.2, 0.25) is 0 Å². The van der Waals surface area contributed by atoms with Crippen LogP contribution in [0, 0.1) is 0 Å². The normalized spacial score (nSPS) is 13.2. The molecule has 0 bridgehead atoms. The molecule has 0 saturated heterocycles. The first-order chi connectivity index (χ1) is 6.43. The molecule has 0 aromatic rings. The average Bonchev–Trinajstić information content (AvgIpc) is 2.16. The number of halogens is 3. The molecule has 1 nitrogen and oxygen atoms in total. The van der Waals surface area contributed by atoms with Gasteiger partial charge < -0.3 is 4.57 Å². The van der Waals surface area contributed by atoms with E-state index in [0.717, 1.165) is 10.8 Å². The van der Waals surface area contributed by atoms with Crippen molar-refractivity contribution >= 4 is 29.7 Å². The third kappa shape index (κ3) is 3.76. The molecule has 0 atom stereocenters. The Hall–Kier alpha value is 0.820. The fourth-order valence-electron chi connectivity index (χ4n) is 1.32. The number of alkyl halides is 3. The number of hydrogen-bond donors (Lipinski definition) is 0. The molecular formula is C9H18F2IOP. The van der Waals surface area contributed by atoms with Crippen LogP contribution >= 0.6 is 29.7 Å². The summed E-state index contributed by atoms with van der Waals surface area (Å²) < 4.78 is 39.8. The van der Waals surface area contributed by atoms with Crippen molar-refractivity contribution in [3.05, 3.63) is 0 Å². The van der Waals surface area contributed by atoms with Crippen LogP contribution in [0.15, 0.2) is 0 Å². The molecule has 0 saturated carbocycles. The van der Waals surface area contributed by atoms with Crippen molar-refractivity contribution in [1.29, 1.82) is 0 Å². The maximum atomic E-state index is 13.5. The second-order valence-corrected chi connectivity index (χ2v) is 8.11. The van der Waals surface area contributed by atoms with E-state index >= 15 is 0 Å². The van der Waals surface area contributed by atoms with E-state index in [-0.39, 0.29) is 18.7 Å². The first-order valence-electron chi connectivity index (χ1n) is 4.95. The zero-order valence-electron chi connectivity index (χ0n) is 8.73. The molecule has 0 spiro atoms. The molecular weight excluding hydrogens is 320 g/mol. The van der Waals surface area contributed by atoms with Gasteiger partial charge in [0, 0.05) is 18.7 Å². The summed E-state index contributed by atoms with van der Waals surface area (Å²) in [4.78, 5) is 0. The monoisotopic (exact) mass is 338 g/mol. The van der Waals surface area contributed by atoms with Crippen LogP contribution in [0.25, 0.3) is 0 Å². The van der Waals surface area contributed by atoms with Gasteiger partial charge in [-0.15, -0.1) is 0 Å². The Morgan fingerprint density at radius 1 is 1.21 bits per heavy atom. The Labute approximate surface area is 98.5 Å². The molecule has 0 N–H and O–H groups in total. The zero-order valence-corrected chi connectivity index (χ0v) is 11.8. The molecule has 0 radical (unpaired) electrons. The highest BCUT2D eigenvalue weighted by molar-refractivity contribution is 14.1. The molecule has 0 aliphatic carbocycles. The van der Waals surface area contributed by atoms with E-state index in [1.165, 1.54) is 0 Å². The molecule has 0 aromatic heterocycles.